The van der Waals surface area contributed by atoms with Gasteiger partial charge in [-0.3, -0.25) is 4.90 Å². The Bertz CT molecular complexity index is 875. The van der Waals surface area contributed by atoms with Gasteiger partial charge in [0.1, 0.15) is 5.82 Å². The minimum Gasteiger partial charge on any atom is -0.327 e. The number of hydrogen-bond acceptors (Lipinski definition) is 5. The van der Waals surface area contributed by atoms with E-state index in [-0.39, 0.29) is 0 Å². The van der Waals surface area contributed by atoms with E-state index in [0.717, 1.165) is 56.0 Å². The average molecular weight is 380 g/mol. The number of aromatic nitrogens is 2. The van der Waals surface area contributed by atoms with Gasteiger partial charge >= 0.3 is 0 Å². The predicted molar refractivity (Wildman–Crippen MR) is 104 cm³/mol. The van der Waals surface area contributed by atoms with Crippen LogP contribution in [0.5, 0.6) is 0 Å². The molecule has 8 heteroatoms. The molecule has 1 aliphatic rings. The summed E-state index contributed by atoms with van der Waals surface area (Å²) in [5, 5.41) is 3.41. The summed E-state index contributed by atoms with van der Waals surface area (Å²) in [6, 6.07) is 5.73. The monoisotopic (exact) mass is 379 g/mol. The molecule has 1 aromatic carbocycles. The molecule has 1 saturated heterocycles. The van der Waals surface area contributed by atoms with E-state index < -0.39 is 10.0 Å². The van der Waals surface area contributed by atoms with Crippen molar-refractivity contribution in [3.63, 3.8) is 0 Å². The van der Waals surface area contributed by atoms with E-state index in [4.69, 9.17) is 4.98 Å². The Morgan fingerprint density at radius 2 is 2.12 bits per heavy atom. The minimum atomic E-state index is -3.45. The molecule has 2 aromatic rings. The van der Waals surface area contributed by atoms with Crippen molar-refractivity contribution < 1.29 is 8.42 Å². The van der Waals surface area contributed by atoms with Crippen LogP contribution < -0.4 is 5.32 Å². The first-order valence-electron chi connectivity index (χ1n) is 9.21. The molecule has 1 aromatic heterocycles. The maximum absolute atomic E-state index is 12.4. The number of rotatable bonds is 6. The summed E-state index contributed by atoms with van der Waals surface area (Å²) in [6.07, 6.45) is 1.01. The molecule has 144 valence electrons. The second-order valence-corrected chi connectivity index (χ2v) is 9.29. The molecule has 0 bridgehead atoms. The van der Waals surface area contributed by atoms with Crippen LogP contribution in [0.25, 0.3) is 11.0 Å². The first-order chi connectivity index (χ1) is 12.3. The van der Waals surface area contributed by atoms with Gasteiger partial charge in [0.2, 0.25) is 10.0 Å². The number of nitrogens with zero attached hydrogens (tertiary/aromatic N) is 4. The molecule has 7 nitrogen and oxygen atoms in total. The highest BCUT2D eigenvalue weighted by atomic mass is 32.2. The molecule has 0 saturated carbocycles. The fourth-order valence-electron chi connectivity index (χ4n) is 3.42. The van der Waals surface area contributed by atoms with Crippen LogP contribution >= 0.6 is 0 Å². The Balaban J connectivity index is 2.01. The van der Waals surface area contributed by atoms with Crippen LogP contribution in [0, 0.1) is 0 Å². The number of piperazine rings is 1. The highest BCUT2D eigenvalue weighted by Crippen LogP contribution is 2.23. The Kier molecular flexibility index (Phi) is 5.67. The number of benzene rings is 1. The number of fused-ring (bicyclic) bond motifs is 1. The summed E-state index contributed by atoms with van der Waals surface area (Å²) in [5.41, 5.74) is 1.75. The Hall–Kier alpha value is -1.48. The third-order valence-corrected chi connectivity index (χ3v) is 6.82. The lowest BCUT2D eigenvalue weighted by molar-refractivity contribution is 0.160. The number of nitrogens with one attached hydrogen (secondary N) is 1. The number of imidazole rings is 1. The first-order valence-corrected chi connectivity index (χ1v) is 10.6. The molecule has 1 aliphatic heterocycles. The summed E-state index contributed by atoms with van der Waals surface area (Å²) >= 11 is 0. The van der Waals surface area contributed by atoms with E-state index in [2.05, 4.69) is 28.6 Å². The van der Waals surface area contributed by atoms with Crippen molar-refractivity contribution in [1.29, 1.82) is 0 Å². The summed E-state index contributed by atoms with van der Waals surface area (Å²) in [4.78, 5) is 7.53. The fraction of sp³-hybridized carbons (Fsp3) is 0.611. The third kappa shape index (κ3) is 3.64. The Morgan fingerprint density at radius 3 is 2.77 bits per heavy atom. The second kappa shape index (κ2) is 7.64. The van der Waals surface area contributed by atoms with Gasteiger partial charge in [-0.2, -0.15) is 0 Å². The van der Waals surface area contributed by atoms with Gasteiger partial charge in [-0.15, -0.1) is 0 Å². The van der Waals surface area contributed by atoms with Crippen molar-refractivity contribution >= 4 is 21.1 Å². The maximum atomic E-state index is 12.4. The number of aryl methyl sites for hydroxylation is 1. The maximum Gasteiger partial charge on any atom is 0.242 e. The van der Waals surface area contributed by atoms with Gasteiger partial charge in [0.15, 0.2) is 0 Å². The largest absolute Gasteiger partial charge is 0.327 e. The molecule has 1 fully saturated rings. The van der Waals surface area contributed by atoms with E-state index in [1.54, 1.807) is 26.2 Å². The lowest BCUT2D eigenvalue weighted by atomic mass is 10.2. The highest BCUT2D eigenvalue weighted by Gasteiger charge is 2.23. The second-order valence-electron chi connectivity index (χ2n) is 7.14. The molecule has 0 radical (unpaired) electrons. The smallest absolute Gasteiger partial charge is 0.242 e. The summed E-state index contributed by atoms with van der Waals surface area (Å²) in [6.45, 7) is 9.01. The van der Waals surface area contributed by atoms with Gasteiger partial charge in [-0.05, 0) is 31.5 Å². The Labute approximate surface area is 156 Å². The SMILES string of the molecule is CCCn1c(CN2CCNC[C@@H]2C)nc2cc(S(=O)(=O)N(C)C)ccc21. The number of sulfonamides is 1. The van der Waals surface area contributed by atoms with E-state index >= 15 is 0 Å². The van der Waals surface area contributed by atoms with Crippen LogP contribution in [0.15, 0.2) is 23.1 Å². The summed E-state index contributed by atoms with van der Waals surface area (Å²) < 4.78 is 28.3. The van der Waals surface area contributed by atoms with Crippen molar-refractivity contribution in [1.82, 2.24) is 24.1 Å². The van der Waals surface area contributed by atoms with Gasteiger partial charge in [-0.1, -0.05) is 6.92 Å². The number of hydrogen-bond donors (Lipinski definition) is 1. The molecule has 1 atom stereocenters. The van der Waals surface area contributed by atoms with Crippen molar-refractivity contribution in [3.8, 4) is 0 Å². The Morgan fingerprint density at radius 1 is 1.35 bits per heavy atom. The molecule has 2 heterocycles. The molecular weight excluding hydrogens is 350 g/mol. The lowest BCUT2D eigenvalue weighted by Gasteiger charge is -2.33. The molecule has 3 rings (SSSR count). The summed E-state index contributed by atoms with van der Waals surface area (Å²) in [7, 11) is -0.359. The molecule has 0 unspecified atom stereocenters. The van der Waals surface area contributed by atoms with Crippen LogP contribution in [-0.2, 0) is 23.1 Å². The highest BCUT2D eigenvalue weighted by molar-refractivity contribution is 7.89. The summed E-state index contributed by atoms with van der Waals surface area (Å²) in [5.74, 6) is 1.01. The minimum absolute atomic E-state index is 0.290. The van der Waals surface area contributed by atoms with Crippen LogP contribution in [0.3, 0.4) is 0 Å². The standard InChI is InChI=1S/C18H29N5O2S/c1-5-9-23-17-7-6-15(26(24,25)21(3)4)11-16(17)20-18(23)13-22-10-8-19-12-14(22)2/h6-7,11,14,19H,5,8-10,12-13H2,1-4H3/t14-/m0/s1. The van der Waals surface area contributed by atoms with Crippen molar-refractivity contribution in [2.45, 2.75) is 44.3 Å². The van der Waals surface area contributed by atoms with Crippen LogP contribution in [0.1, 0.15) is 26.1 Å². The van der Waals surface area contributed by atoms with Crippen LogP contribution in [0.4, 0.5) is 0 Å². The molecule has 0 aliphatic carbocycles. The molecule has 26 heavy (non-hydrogen) atoms. The zero-order valence-electron chi connectivity index (χ0n) is 16.1. The predicted octanol–water partition coefficient (Wildman–Crippen LogP) is 1.49. The normalized spacial score (nSPS) is 19.5. The molecule has 0 amide bonds. The lowest BCUT2D eigenvalue weighted by Crippen LogP contribution is -2.49. The van der Waals surface area contributed by atoms with Gasteiger partial charge in [-0.25, -0.2) is 17.7 Å². The van der Waals surface area contributed by atoms with Gasteiger partial charge in [0.25, 0.3) is 0 Å². The van der Waals surface area contributed by atoms with Crippen molar-refractivity contribution in [3.05, 3.63) is 24.0 Å². The van der Waals surface area contributed by atoms with Crippen molar-refractivity contribution in [2.75, 3.05) is 33.7 Å². The van der Waals surface area contributed by atoms with Crippen molar-refractivity contribution in [2.24, 2.45) is 0 Å². The topological polar surface area (TPSA) is 70.5 Å². The molecule has 0 spiro atoms. The van der Waals surface area contributed by atoms with Gasteiger partial charge in [0, 0.05) is 46.3 Å². The van der Waals surface area contributed by atoms with Gasteiger partial charge in [0.05, 0.1) is 22.5 Å². The average Bonchev–Trinajstić information content (AvgIpc) is 2.94. The molecular formula is C18H29N5O2S. The van der Waals surface area contributed by atoms with Gasteiger partial charge < -0.3 is 9.88 Å². The fourth-order valence-corrected chi connectivity index (χ4v) is 4.35. The quantitative estimate of drug-likeness (QED) is 0.823. The van der Waals surface area contributed by atoms with E-state index in [1.807, 2.05) is 6.07 Å². The van der Waals surface area contributed by atoms with Crippen LogP contribution in [-0.4, -0.2) is 66.9 Å². The van der Waals surface area contributed by atoms with E-state index in [1.165, 1.54) is 4.31 Å². The first kappa shape index (κ1) is 19.3. The van der Waals surface area contributed by atoms with Crippen LogP contribution in [0.2, 0.25) is 0 Å². The molecule has 1 N–H and O–H groups in total. The van der Waals surface area contributed by atoms with E-state index in [0.29, 0.717) is 10.9 Å². The van der Waals surface area contributed by atoms with E-state index in [9.17, 15) is 8.42 Å². The zero-order chi connectivity index (χ0) is 18.9. The third-order valence-electron chi connectivity index (χ3n) is 5.01. The zero-order valence-corrected chi connectivity index (χ0v) is 16.9.